The van der Waals surface area contributed by atoms with Crippen LogP contribution in [0, 0.1) is 0 Å². The number of methoxy groups -OCH3 is 2. The summed E-state index contributed by atoms with van der Waals surface area (Å²) in [6.07, 6.45) is 0. The SMILES string of the molecule is CNCC(=O)c1cc(OC)c(OC)cc1C(C)(C)F. The molecule has 0 saturated heterocycles. The van der Waals surface area contributed by atoms with Crippen LogP contribution in [0.25, 0.3) is 0 Å². The Hall–Kier alpha value is -1.62. The second-order valence-corrected chi connectivity index (χ2v) is 4.68. The van der Waals surface area contributed by atoms with Gasteiger partial charge in [0.15, 0.2) is 17.3 Å². The molecule has 0 radical (unpaired) electrons. The van der Waals surface area contributed by atoms with Crippen molar-refractivity contribution in [3.8, 4) is 11.5 Å². The van der Waals surface area contributed by atoms with Crippen molar-refractivity contribution in [2.24, 2.45) is 0 Å². The van der Waals surface area contributed by atoms with Crippen LogP contribution in [0.4, 0.5) is 4.39 Å². The highest BCUT2D eigenvalue weighted by Crippen LogP contribution is 2.37. The topological polar surface area (TPSA) is 47.6 Å². The van der Waals surface area contributed by atoms with Gasteiger partial charge in [-0.15, -0.1) is 0 Å². The zero-order valence-electron chi connectivity index (χ0n) is 12.0. The van der Waals surface area contributed by atoms with E-state index in [1.54, 1.807) is 7.05 Å². The number of nitrogens with one attached hydrogen (secondary N) is 1. The molecule has 0 fully saturated rings. The van der Waals surface area contributed by atoms with Gasteiger partial charge >= 0.3 is 0 Å². The average molecular weight is 269 g/mol. The molecule has 0 aliphatic rings. The fraction of sp³-hybridized carbons (Fsp3) is 0.500. The number of carbonyl (C=O) groups excluding carboxylic acids is 1. The van der Waals surface area contributed by atoms with Crippen LogP contribution in [-0.2, 0) is 5.67 Å². The number of halogens is 1. The van der Waals surface area contributed by atoms with E-state index in [4.69, 9.17) is 9.47 Å². The summed E-state index contributed by atoms with van der Waals surface area (Å²) in [6, 6.07) is 3.04. The fourth-order valence-corrected chi connectivity index (χ4v) is 1.86. The number of ketones is 1. The van der Waals surface area contributed by atoms with E-state index in [0.717, 1.165) is 0 Å². The van der Waals surface area contributed by atoms with Crippen molar-refractivity contribution in [2.75, 3.05) is 27.8 Å². The molecule has 0 spiro atoms. The zero-order chi connectivity index (χ0) is 14.6. The molecule has 19 heavy (non-hydrogen) atoms. The van der Waals surface area contributed by atoms with Gasteiger partial charge < -0.3 is 14.8 Å². The molecule has 4 nitrogen and oxygen atoms in total. The molecule has 1 aromatic rings. The van der Waals surface area contributed by atoms with Crippen molar-refractivity contribution in [2.45, 2.75) is 19.5 Å². The molecule has 0 atom stereocenters. The molecule has 1 N–H and O–H groups in total. The van der Waals surface area contributed by atoms with Crippen LogP contribution in [0.1, 0.15) is 29.8 Å². The molecular weight excluding hydrogens is 249 g/mol. The maximum atomic E-state index is 14.3. The number of Topliss-reactive ketones (excluding diaryl/α,β-unsaturated/α-hetero) is 1. The van der Waals surface area contributed by atoms with Crippen molar-refractivity contribution >= 4 is 5.78 Å². The predicted octanol–water partition coefficient (Wildman–Crippen LogP) is 2.31. The van der Waals surface area contributed by atoms with Crippen molar-refractivity contribution < 1.29 is 18.7 Å². The van der Waals surface area contributed by atoms with Gasteiger partial charge in [-0.25, -0.2) is 4.39 Å². The van der Waals surface area contributed by atoms with Gasteiger partial charge in [0.1, 0.15) is 5.67 Å². The number of hydrogen-bond donors (Lipinski definition) is 1. The van der Waals surface area contributed by atoms with Gasteiger partial charge in [-0.3, -0.25) is 4.79 Å². The van der Waals surface area contributed by atoms with E-state index in [9.17, 15) is 9.18 Å². The van der Waals surface area contributed by atoms with Gasteiger partial charge in [0.2, 0.25) is 0 Å². The van der Waals surface area contributed by atoms with E-state index in [0.29, 0.717) is 22.6 Å². The van der Waals surface area contributed by atoms with Gasteiger partial charge in [-0.1, -0.05) is 0 Å². The molecule has 0 aliphatic carbocycles. The summed E-state index contributed by atoms with van der Waals surface area (Å²) in [5.74, 6) is 0.628. The smallest absolute Gasteiger partial charge is 0.177 e. The van der Waals surface area contributed by atoms with Crippen molar-refractivity contribution in [3.63, 3.8) is 0 Å². The quantitative estimate of drug-likeness (QED) is 0.805. The first-order chi connectivity index (χ1) is 8.85. The molecule has 106 valence electrons. The Kier molecular flexibility index (Phi) is 4.89. The van der Waals surface area contributed by atoms with Gasteiger partial charge in [0.05, 0.1) is 20.8 Å². The molecule has 1 rings (SSSR count). The number of benzene rings is 1. The summed E-state index contributed by atoms with van der Waals surface area (Å²) in [6.45, 7) is 2.95. The predicted molar refractivity (Wildman–Crippen MR) is 71.9 cm³/mol. The average Bonchev–Trinajstić information content (AvgIpc) is 2.36. The van der Waals surface area contributed by atoms with Gasteiger partial charge in [-0.2, -0.15) is 0 Å². The monoisotopic (exact) mass is 269 g/mol. The first-order valence-corrected chi connectivity index (χ1v) is 5.98. The first kappa shape index (κ1) is 15.4. The minimum atomic E-state index is -1.64. The van der Waals surface area contributed by atoms with Crippen LogP contribution in [0.2, 0.25) is 0 Å². The van der Waals surface area contributed by atoms with Crippen LogP contribution in [0.3, 0.4) is 0 Å². The number of hydrogen-bond acceptors (Lipinski definition) is 4. The van der Waals surface area contributed by atoms with E-state index in [1.807, 2.05) is 0 Å². The highest BCUT2D eigenvalue weighted by atomic mass is 19.1. The molecule has 0 bridgehead atoms. The Morgan fingerprint density at radius 2 is 1.79 bits per heavy atom. The lowest BCUT2D eigenvalue weighted by Gasteiger charge is -2.21. The lowest BCUT2D eigenvalue weighted by molar-refractivity contribution is 0.0986. The van der Waals surface area contributed by atoms with Crippen LogP contribution in [0.5, 0.6) is 11.5 Å². The fourth-order valence-electron chi connectivity index (χ4n) is 1.86. The third-order valence-corrected chi connectivity index (χ3v) is 2.80. The molecule has 1 aromatic carbocycles. The zero-order valence-corrected chi connectivity index (χ0v) is 12.0. The van der Waals surface area contributed by atoms with Crippen molar-refractivity contribution in [1.82, 2.24) is 5.32 Å². The lowest BCUT2D eigenvalue weighted by atomic mass is 9.91. The largest absolute Gasteiger partial charge is 0.493 e. The number of carbonyl (C=O) groups is 1. The van der Waals surface area contributed by atoms with Crippen molar-refractivity contribution in [3.05, 3.63) is 23.3 Å². The number of likely N-dealkylation sites (N-methyl/N-ethyl adjacent to an activating group) is 1. The second-order valence-electron chi connectivity index (χ2n) is 4.68. The van der Waals surface area contributed by atoms with E-state index < -0.39 is 5.67 Å². The first-order valence-electron chi connectivity index (χ1n) is 5.98. The molecule has 0 saturated carbocycles. The van der Waals surface area contributed by atoms with Gasteiger partial charge in [-0.05, 0) is 33.0 Å². The summed E-state index contributed by atoms with van der Waals surface area (Å²) in [7, 11) is 4.62. The molecule has 5 heteroatoms. The van der Waals surface area contributed by atoms with Gasteiger partial charge in [0, 0.05) is 11.1 Å². The van der Waals surface area contributed by atoms with E-state index in [-0.39, 0.29) is 12.3 Å². The molecule has 0 aromatic heterocycles. The van der Waals surface area contributed by atoms with E-state index >= 15 is 0 Å². The number of rotatable bonds is 6. The van der Waals surface area contributed by atoms with E-state index in [2.05, 4.69) is 5.32 Å². The summed E-state index contributed by atoms with van der Waals surface area (Å²) >= 11 is 0. The maximum Gasteiger partial charge on any atom is 0.177 e. The third kappa shape index (κ3) is 3.44. The standard InChI is InChI=1S/C14H20FNO3/c1-14(2,15)10-7-13(19-5)12(18-4)6-9(10)11(17)8-16-3/h6-7,16H,8H2,1-5H3. The normalized spacial score (nSPS) is 11.3. The number of ether oxygens (including phenoxy) is 2. The van der Waals surface area contributed by atoms with Gasteiger partial charge in [0.25, 0.3) is 0 Å². The Labute approximate surface area is 112 Å². The van der Waals surface area contributed by atoms with Crippen LogP contribution in [-0.4, -0.2) is 33.6 Å². The summed E-state index contributed by atoms with van der Waals surface area (Å²) in [4.78, 5) is 12.1. The summed E-state index contributed by atoms with van der Waals surface area (Å²) in [5.41, 5.74) is -1.04. The minimum Gasteiger partial charge on any atom is -0.493 e. The van der Waals surface area contributed by atoms with E-state index in [1.165, 1.54) is 40.2 Å². The number of alkyl halides is 1. The molecular formula is C14H20FNO3. The molecule has 0 amide bonds. The highest BCUT2D eigenvalue weighted by Gasteiger charge is 2.27. The summed E-state index contributed by atoms with van der Waals surface area (Å²) < 4.78 is 24.6. The Balaban J connectivity index is 3.45. The summed E-state index contributed by atoms with van der Waals surface area (Å²) in [5, 5.41) is 2.77. The minimum absolute atomic E-state index is 0.137. The molecule has 0 aliphatic heterocycles. The van der Waals surface area contributed by atoms with Crippen LogP contribution >= 0.6 is 0 Å². The Bertz CT molecular complexity index is 466. The molecule has 0 heterocycles. The molecule has 0 unspecified atom stereocenters. The Morgan fingerprint density at radius 1 is 1.26 bits per heavy atom. The van der Waals surface area contributed by atoms with Crippen LogP contribution < -0.4 is 14.8 Å². The lowest BCUT2D eigenvalue weighted by Crippen LogP contribution is -2.23. The Morgan fingerprint density at radius 3 is 2.21 bits per heavy atom. The van der Waals surface area contributed by atoms with Crippen LogP contribution in [0.15, 0.2) is 12.1 Å². The van der Waals surface area contributed by atoms with Crippen molar-refractivity contribution in [1.29, 1.82) is 0 Å². The maximum absolute atomic E-state index is 14.3. The highest BCUT2D eigenvalue weighted by molar-refractivity contribution is 6.00. The third-order valence-electron chi connectivity index (χ3n) is 2.80. The second kappa shape index (κ2) is 6.02.